The van der Waals surface area contributed by atoms with Crippen molar-refractivity contribution in [1.82, 2.24) is 4.90 Å². The minimum absolute atomic E-state index is 0.0903. The molecule has 0 bridgehead atoms. The molecule has 0 unspecified atom stereocenters. The van der Waals surface area contributed by atoms with Crippen molar-refractivity contribution in [3.63, 3.8) is 0 Å². The maximum absolute atomic E-state index is 12.0. The Labute approximate surface area is 115 Å². The van der Waals surface area contributed by atoms with Gasteiger partial charge in [0.25, 0.3) is 5.91 Å². The topological polar surface area (TPSA) is 37.4 Å². The smallest absolute Gasteiger partial charge is 0.253 e. The zero-order valence-electron chi connectivity index (χ0n) is 10.6. The highest BCUT2D eigenvalue weighted by atomic mass is 32.1. The predicted molar refractivity (Wildman–Crippen MR) is 75.8 cm³/mol. The van der Waals surface area contributed by atoms with Gasteiger partial charge in [0.05, 0.1) is 4.88 Å². The Morgan fingerprint density at radius 2 is 2.11 bits per heavy atom. The fourth-order valence-corrected chi connectivity index (χ4v) is 3.15. The van der Waals surface area contributed by atoms with Gasteiger partial charge in [0.1, 0.15) is 0 Å². The summed E-state index contributed by atoms with van der Waals surface area (Å²) in [5, 5.41) is 0. The van der Waals surface area contributed by atoms with Gasteiger partial charge in [0, 0.05) is 24.0 Å². The molecule has 19 heavy (non-hydrogen) atoms. The van der Waals surface area contributed by atoms with Crippen molar-refractivity contribution >= 4 is 23.5 Å². The third kappa shape index (κ3) is 2.08. The second-order valence-electron chi connectivity index (χ2n) is 4.67. The van der Waals surface area contributed by atoms with Gasteiger partial charge in [0.15, 0.2) is 6.29 Å². The molecule has 3 nitrogen and oxygen atoms in total. The Morgan fingerprint density at radius 1 is 1.26 bits per heavy atom. The zero-order chi connectivity index (χ0) is 13.4. The van der Waals surface area contributed by atoms with Crippen LogP contribution in [0.2, 0.25) is 0 Å². The summed E-state index contributed by atoms with van der Waals surface area (Å²) in [6.45, 7) is 0.763. The van der Waals surface area contributed by atoms with Crippen LogP contribution in [-0.2, 0) is 6.42 Å². The molecular formula is C15H13NO2S. The van der Waals surface area contributed by atoms with E-state index in [1.54, 1.807) is 4.90 Å². The number of likely N-dealkylation sites (N-methyl/N-ethyl adjacent to an activating group) is 1. The van der Waals surface area contributed by atoms with Crippen molar-refractivity contribution < 1.29 is 9.59 Å². The van der Waals surface area contributed by atoms with Gasteiger partial charge in [-0.2, -0.15) is 0 Å². The average molecular weight is 271 g/mol. The van der Waals surface area contributed by atoms with E-state index in [4.69, 9.17) is 0 Å². The molecule has 1 aliphatic rings. The molecule has 2 heterocycles. The van der Waals surface area contributed by atoms with Crippen LogP contribution in [0.15, 0.2) is 30.3 Å². The van der Waals surface area contributed by atoms with Crippen LogP contribution >= 0.6 is 11.3 Å². The van der Waals surface area contributed by atoms with Gasteiger partial charge >= 0.3 is 0 Å². The highest BCUT2D eigenvalue weighted by Crippen LogP contribution is 2.30. The van der Waals surface area contributed by atoms with E-state index in [9.17, 15) is 9.59 Å². The summed E-state index contributed by atoms with van der Waals surface area (Å²) in [4.78, 5) is 26.3. The third-order valence-corrected chi connectivity index (χ3v) is 4.49. The van der Waals surface area contributed by atoms with Gasteiger partial charge in [-0.3, -0.25) is 9.59 Å². The Hall–Kier alpha value is -1.94. The Balaban J connectivity index is 2.02. The third-order valence-electron chi connectivity index (χ3n) is 3.43. The fourth-order valence-electron chi connectivity index (χ4n) is 2.33. The lowest BCUT2D eigenvalue weighted by Crippen LogP contribution is -2.34. The Morgan fingerprint density at radius 3 is 2.84 bits per heavy atom. The molecule has 0 saturated carbocycles. The van der Waals surface area contributed by atoms with E-state index in [0.29, 0.717) is 0 Å². The number of fused-ring (bicyclic) bond motifs is 1. The SMILES string of the molecule is CN1CCc2cc(-c3ccc(C=O)s3)ccc2C1=O. The van der Waals surface area contributed by atoms with Gasteiger partial charge in [-0.1, -0.05) is 6.07 Å². The Kier molecular flexibility index (Phi) is 2.95. The highest BCUT2D eigenvalue weighted by molar-refractivity contribution is 7.17. The monoisotopic (exact) mass is 271 g/mol. The minimum atomic E-state index is 0.0903. The summed E-state index contributed by atoms with van der Waals surface area (Å²) in [5.41, 5.74) is 2.97. The molecule has 1 aliphatic heterocycles. The number of amides is 1. The van der Waals surface area contributed by atoms with E-state index in [-0.39, 0.29) is 5.91 Å². The number of benzene rings is 1. The first-order valence-corrected chi connectivity index (χ1v) is 6.94. The van der Waals surface area contributed by atoms with Crippen LogP contribution in [0, 0.1) is 0 Å². The van der Waals surface area contributed by atoms with Crippen molar-refractivity contribution in [3.8, 4) is 10.4 Å². The van der Waals surface area contributed by atoms with Gasteiger partial charge in [-0.15, -0.1) is 11.3 Å². The molecule has 0 saturated heterocycles. The zero-order valence-corrected chi connectivity index (χ0v) is 11.4. The summed E-state index contributed by atoms with van der Waals surface area (Å²) >= 11 is 1.47. The van der Waals surface area contributed by atoms with Crippen LogP contribution in [-0.4, -0.2) is 30.7 Å². The molecule has 4 heteroatoms. The first kappa shape index (κ1) is 12.1. The van der Waals surface area contributed by atoms with Crippen LogP contribution < -0.4 is 0 Å². The molecule has 1 aromatic carbocycles. The molecule has 96 valence electrons. The van der Waals surface area contributed by atoms with E-state index in [1.165, 1.54) is 11.3 Å². The van der Waals surface area contributed by atoms with Crippen molar-refractivity contribution in [2.45, 2.75) is 6.42 Å². The Bertz CT molecular complexity index is 660. The molecule has 0 spiro atoms. The lowest BCUT2D eigenvalue weighted by molar-refractivity contribution is 0.0781. The quantitative estimate of drug-likeness (QED) is 0.788. The number of thiophene rings is 1. The summed E-state index contributed by atoms with van der Waals surface area (Å²) in [7, 11) is 1.83. The average Bonchev–Trinajstić information content (AvgIpc) is 2.91. The van der Waals surface area contributed by atoms with Gasteiger partial charge < -0.3 is 4.90 Å². The molecule has 1 aromatic heterocycles. The lowest BCUT2D eigenvalue weighted by atomic mass is 9.96. The van der Waals surface area contributed by atoms with Gasteiger partial charge in [-0.05, 0) is 41.8 Å². The molecule has 0 atom stereocenters. The summed E-state index contributed by atoms with van der Waals surface area (Å²) in [5.74, 6) is 0.0903. The summed E-state index contributed by atoms with van der Waals surface area (Å²) < 4.78 is 0. The predicted octanol–water partition coefficient (Wildman–Crippen LogP) is 2.86. The molecule has 3 rings (SSSR count). The number of rotatable bonds is 2. The second-order valence-corrected chi connectivity index (χ2v) is 5.78. The van der Waals surface area contributed by atoms with Crippen LogP contribution in [0.3, 0.4) is 0 Å². The van der Waals surface area contributed by atoms with E-state index >= 15 is 0 Å². The maximum Gasteiger partial charge on any atom is 0.253 e. The van der Waals surface area contributed by atoms with Crippen LogP contribution in [0.25, 0.3) is 10.4 Å². The standard InChI is InChI=1S/C15H13NO2S/c1-16-7-6-10-8-11(2-4-13(10)15(16)18)14-5-3-12(9-17)19-14/h2-5,8-9H,6-7H2,1H3. The molecule has 1 amide bonds. The largest absolute Gasteiger partial charge is 0.341 e. The maximum atomic E-state index is 12.0. The van der Waals surface area contributed by atoms with Crippen molar-refractivity contribution in [2.24, 2.45) is 0 Å². The lowest BCUT2D eigenvalue weighted by Gasteiger charge is -2.25. The molecule has 0 fully saturated rings. The summed E-state index contributed by atoms with van der Waals surface area (Å²) in [6, 6.07) is 9.69. The van der Waals surface area contributed by atoms with Crippen LogP contribution in [0.4, 0.5) is 0 Å². The fraction of sp³-hybridized carbons (Fsp3) is 0.200. The molecule has 0 radical (unpaired) electrons. The highest BCUT2D eigenvalue weighted by Gasteiger charge is 2.21. The van der Waals surface area contributed by atoms with Gasteiger partial charge in [0.2, 0.25) is 0 Å². The molecular weight excluding hydrogens is 258 g/mol. The van der Waals surface area contributed by atoms with Gasteiger partial charge in [-0.25, -0.2) is 0 Å². The number of hydrogen-bond donors (Lipinski definition) is 0. The van der Waals surface area contributed by atoms with Crippen molar-refractivity contribution in [2.75, 3.05) is 13.6 Å². The van der Waals surface area contributed by atoms with Crippen molar-refractivity contribution in [3.05, 3.63) is 46.3 Å². The molecule has 0 N–H and O–H groups in total. The van der Waals surface area contributed by atoms with E-state index < -0.39 is 0 Å². The number of carbonyl (C=O) groups is 2. The number of carbonyl (C=O) groups excluding carboxylic acids is 2. The normalized spacial score (nSPS) is 14.4. The van der Waals surface area contributed by atoms with Crippen molar-refractivity contribution in [1.29, 1.82) is 0 Å². The number of aldehydes is 1. The molecule has 0 aliphatic carbocycles. The molecule has 2 aromatic rings. The first-order valence-electron chi connectivity index (χ1n) is 6.13. The minimum Gasteiger partial charge on any atom is -0.341 e. The van der Waals surface area contributed by atoms with Crippen LogP contribution in [0.5, 0.6) is 0 Å². The first-order chi connectivity index (χ1) is 9.19. The second kappa shape index (κ2) is 4.63. The van der Waals surface area contributed by atoms with E-state index in [0.717, 1.165) is 45.7 Å². The summed E-state index contributed by atoms with van der Waals surface area (Å²) in [6.07, 6.45) is 1.75. The van der Waals surface area contributed by atoms with Crippen LogP contribution in [0.1, 0.15) is 25.6 Å². The number of nitrogens with zero attached hydrogens (tertiary/aromatic N) is 1. The van der Waals surface area contributed by atoms with E-state index in [2.05, 4.69) is 6.07 Å². The number of hydrogen-bond acceptors (Lipinski definition) is 3. The van der Waals surface area contributed by atoms with E-state index in [1.807, 2.05) is 31.3 Å².